The highest BCUT2D eigenvalue weighted by Gasteiger charge is 2.13. The minimum absolute atomic E-state index is 0.205. The topological polar surface area (TPSA) is 93.8 Å². The number of aromatic nitrogens is 4. The summed E-state index contributed by atoms with van der Waals surface area (Å²) in [6, 6.07) is 12.7. The fourth-order valence-electron chi connectivity index (χ4n) is 2.93. The van der Waals surface area contributed by atoms with Crippen molar-refractivity contribution >= 4 is 17.3 Å². The van der Waals surface area contributed by atoms with Crippen LogP contribution in [0.1, 0.15) is 5.56 Å². The maximum Gasteiger partial charge on any atom is 0.231 e. The molecule has 0 aliphatic carbocycles. The van der Waals surface area contributed by atoms with E-state index in [0.29, 0.717) is 34.4 Å². The molecule has 0 atom stereocenters. The quantitative estimate of drug-likeness (QED) is 0.549. The number of fused-ring (bicyclic) bond motifs is 1. The smallest absolute Gasteiger partial charge is 0.231 e. The molecule has 0 radical (unpaired) electrons. The lowest BCUT2D eigenvalue weighted by Crippen LogP contribution is -2.05. The number of ether oxygens (including phenoxy) is 2. The number of methoxy groups -OCH3 is 2. The van der Waals surface area contributed by atoms with E-state index in [-0.39, 0.29) is 5.75 Å². The van der Waals surface area contributed by atoms with Gasteiger partial charge in [-0.1, -0.05) is 6.07 Å². The Morgan fingerprint density at radius 1 is 1.04 bits per heavy atom. The van der Waals surface area contributed by atoms with E-state index in [4.69, 9.17) is 14.5 Å². The Morgan fingerprint density at radius 2 is 1.86 bits per heavy atom. The second-order valence-electron chi connectivity index (χ2n) is 6.14. The monoisotopic (exact) mass is 377 g/mol. The van der Waals surface area contributed by atoms with Crippen molar-refractivity contribution in [3.63, 3.8) is 0 Å². The number of nitrogens with one attached hydrogen (secondary N) is 1. The zero-order valence-corrected chi connectivity index (χ0v) is 15.7. The van der Waals surface area contributed by atoms with Gasteiger partial charge < -0.3 is 19.9 Å². The third kappa shape index (κ3) is 3.05. The van der Waals surface area contributed by atoms with Crippen LogP contribution < -0.4 is 14.8 Å². The third-order valence-electron chi connectivity index (χ3n) is 4.50. The van der Waals surface area contributed by atoms with Crippen molar-refractivity contribution in [1.82, 2.24) is 19.6 Å². The molecule has 0 aliphatic rings. The van der Waals surface area contributed by atoms with Gasteiger partial charge in [0.05, 0.1) is 19.9 Å². The zero-order chi connectivity index (χ0) is 19.7. The molecule has 0 saturated carbocycles. The molecule has 0 bridgehead atoms. The van der Waals surface area contributed by atoms with Gasteiger partial charge in [0.1, 0.15) is 12.1 Å². The van der Waals surface area contributed by atoms with Crippen molar-refractivity contribution in [2.45, 2.75) is 6.92 Å². The first-order chi connectivity index (χ1) is 13.6. The van der Waals surface area contributed by atoms with Crippen molar-refractivity contribution in [3.05, 3.63) is 54.4 Å². The number of phenolic OH excluding ortho intramolecular Hbond substituents is 1. The first kappa shape index (κ1) is 17.6. The normalized spacial score (nSPS) is 10.8. The number of hydrogen-bond acceptors (Lipinski definition) is 7. The summed E-state index contributed by atoms with van der Waals surface area (Å²) in [5.74, 6) is 1.94. The standard InChI is InChI=1S/C20H19N5O3/c1-12-14(5-4-6-16(12)26)23-20-24-15(10-19-21-11-22-25(19)20)13-7-8-17(27-2)18(9-13)28-3/h4-11,26H,1-3H3,(H,23,24). The van der Waals surface area contributed by atoms with Gasteiger partial charge in [-0.05, 0) is 37.3 Å². The molecule has 0 aliphatic heterocycles. The molecule has 28 heavy (non-hydrogen) atoms. The van der Waals surface area contributed by atoms with Gasteiger partial charge in [0.15, 0.2) is 17.1 Å². The fraction of sp³-hybridized carbons (Fsp3) is 0.150. The number of nitrogens with zero attached hydrogens (tertiary/aromatic N) is 4. The lowest BCUT2D eigenvalue weighted by Gasteiger charge is -2.13. The van der Waals surface area contributed by atoms with Gasteiger partial charge in [-0.2, -0.15) is 9.61 Å². The number of phenols is 1. The summed E-state index contributed by atoms with van der Waals surface area (Å²) in [4.78, 5) is 9.00. The molecular formula is C20H19N5O3. The number of anilines is 2. The molecule has 4 rings (SSSR count). The Hall–Kier alpha value is -3.81. The average molecular weight is 377 g/mol. The lowest BCUT2D eigenvalue weighted by molar-refractivity contribution is 0.355. The van der Waals surface area contributed by atoms with Crippen molar-refractivity contribution in [2.75, 3.05) is 19.5 Å². The first-order valence-corrected chi connectivity index (χ1v) is 8.59. The van der Waals surface area contributed by atoms with E-state index in [1.165, 1.54) is 6.33 Å². The SMILES string of the molecule is COc1ccc(-c2cc3ncnn3c(Nc3cccc(O)c3C)n2)cc1OC. The van der Waals surface area contributed by atoms with Gasteiger partial charge in [0.25, 0.3) is 0 Å². The zero-order valence-electron chi connectivity index (χ0n) is 15.7. The summed E-state index contributed by atoms with van der Waals surface area (Å²) in [7, 11) is 3.19. The van der Waals surface area contributed by atoms with Crippen molar-refractivity contribution in [2.24, 2.45) is 0 Å². The highest BCUT2D eigenvalue weighted by atomic mass is 16.5. The predicted molar refractivity (Wildman–Crippen MR) is 105 cm³/mol. The highest BCUT2D eigenvalue weighted by Crippen LogP contribution is 2.33. The van der Waals surface area contributed by atoms with Gasteiger partial charge in [-0.15, -0.1) is 0 Å². The Kier molecular flexibility index (Phi) is 4.44. The van der Waals surface area contributed by atoms with Crippen molar-refractivity contribution in [3.8, 4) is 28.5 Å². The Labute approximate surface area is 161 Å². The first-order valence-electron chi connectivity index (χ1n) is 8.59. The van der Waals surface area contributed by atoms with Gasteiger partial charge in [-0.25, -0.2) is 9.97 Å². The van der Waals surface area contributed by atoms with Crippen LogP contribution in [-0.4, -0.2) is 38.9 Å². The van der Waals surface area contributed by atoms with Crippen LogP contribution in [0.4, 0.5) is 11.6 Å². The van der Waals surface area contributed by atoms with Gasteiger partial charge in [0.2, 0.25) is 5.95 Å². The number of benzene rings is 2. The maximum absolute atomic E-state index is 9.97. The minimum atomic E-state index is 0.205. The van der Waals surface area contributed by atoms with E-state index in [1.54, 1.807) is 30.9 Å². The molecule has 2 N–H and O–H groups in total. The van der Waals surface area contributed by atoms with E-state index in [0.717, 1.165) is 11.3 Å². The summed E-state index contributed by atoms with van der Waals surface area (Å²) in [6.45, 7) is 1.83. The van der Waals surface area contributed by atoms with E-state index in [2.05, 4.69) is 15.4 Å². The van der Waals surface area contributed by atoms with Gasteiger partial charge >= 0.3 is 0 Å². The predicted octanol–water partition coefficient (Wildman–Crippen LogP) is 3.57. The fourth-order valence-corrected chi connectivity index (χ4v) is 2.93. The van der Waals surface area contributed by atoms with Gasteiger partial charge in [0, 0.05) is 22.9 Å². The van der Waals surface area contributed by atoms with E-state index in [1.807, 2.05) is 37.3 Å². The van der Waals surface area contributed by atoms with E-state index >= 15 is 0 Å². The van der Waals surface area contributed by atoms with Crippen LogP contribution >= 0.6 is 0 Å². The Morgan fingerprint density at radius 3 is 2.64 bits per heavy atom. The van der Waals surface area contributed by atoms with Crippen LogP contribution in [0.2, 0.25) is 0 Å². The molecule has 4 aromatic rings. The molecule has 0 spiro atoms. The second kappa shape index (κ2) is 7.07. The molecule has 8 nitrogen and oxygen atoms in total. The van der Waals surface area contributed by atoms with Crippen LogP contribution in [0, 0.1) is 6.92 Å². The third-order valence-corrected chi connectivity index (χ3v) is 4.50. The lowest BCUT2D eigenvalue weighted by atomic mass is 10.1. The molecule has 2 aromatic heterocycles. The van der Waals surface area contributed by atoms with Gasteiger partial charge in [-0.3, -0.25) is 0 Å². The Balaban J connectivity index is 1.83. The summed E-state index contributed by atoms with van der Waals surface area (Å²) in [5.41, 5.74) is 3.63. The molecule has 2 heterocycles. The number of aromatic hydroxyl groups is 1. The van der Waals surface area contributed by atoms with Crippen LogP contribution in [-0.2, 0) is 0 Å². The van der Waals surface area contributed by atoms with Crippen LogP contribution in [0.5, 0.6) is 17.2 Å². The molecule has 2 aromatic carbocycles. The highest BCUT2D eigenvalue weighted by molar-refractivity contribution is 5.70. The molecular weight excluding hydrogens is 358 g/mol. The number of hydrogen-bond donors (Lipinski definition) is 2. The molecule has 0 unspecified atom stereocenters. The molecule has 0 amide bonds. The molecule has 0 saturated heterocycles. The summed E-state index contributed by atoms with van der Waals surface area (Å²) in [6.07, 6.45) is 1.47. The summed E-state index contributed by atoms with van der Waals surface area (Å²) >= 11 is 0. The molecule has 8 heteroatoms. The molecule has 0 fully saturated rings. The number of rotatable bonds is 5. The summed E-state index contributed by atoms with van der Waals surface area (Å²) < 4.78 is 12.3. The second-order valence-corrected chi connectivity index (χ2v) is 6.14. The summed E-state index contributed by atoms with van der Waals surface area (Å²) in [5, 5.41) is 17.4. The van der Waals surface area contributed by atoms with Crippen LogP contribution in [0.25, 0.3) is 16.9 Å². The van der Waals surface area contributed by atoms with E-state index in [9.17, 15) is 5.11 Å². The van der Waals surface area contributed by atoms with Crippen molar-refractivity contribution in [1.29, 1.82) is 0 Å². The van der Waals surface area contributed by atoms with E-state index < -0.39 is 0 Å². The maximum atomic E-state index is 9.97. The minimum Gasteiger partial charge on any atom is -0.508 e. The largest absolute Gasteiger partial charge is 0.508 e. The molecule has 142 valence electrons. The average Bonchev–Trinajstić information content (AvgIpc) is 3.19. The van der Waals surface area contributed by atoms with Crippen LogP contribution in [0.15, 0.2) is 48.8 Å². The Bertz CT molecular complexity index is 1160. The van der Waals surface area contributed by atoms with Crippen LogP contribution in [0.3, 0.4) is 0 Å². The van der Waals surface area contributed by atoms with Crippen molar-refractivity contribution < 1.29 is 14.6 Å².